The molecule has 7 nitrogen and oxygen atoms in total. The molecule has 9 heteroatoms. The zero-order chi connectivity index (χ0) is 19.8. The average molecular weight is 411 g/mol. The van der Waals surface area contributed by atoms with Crippen molar-refractivity contribution in [3.8, 4) is 11.6 Å². The lowest BCUT2D eigenvalue weighted by molar-refractivity contribution is 0.0732. The Balaban J connectivity index is 1.98. The number of fused-ring (bicyclic) bond motifs is 1. The highest BCUT2D eigenvalue weighted by Crippen LogP contribution is 2.30. The molecule has 0 aliphatic carbocycles. The van der Waals surface area contributed by atoms with E-state index >= 15 is 0 Å². The second-order valence-corrected chi connectivity index (χ2v) is 8.72. The average Bonchev–Trinajstić information content (AvgIpc) is 2.74. The van der Waals surface area contributed by atoms with Crippen molar-refractivity contribution in [2.24, 2.45) is 0 Å². The lowest BCUT2D eigenvalue weighted by Gasteiger charge is -2.20. The summed E-state index contributed by atoms with van der Waals surface area (Å²) in [6.45, 7) is 2.18. The summed E-state index contributed by atoms with van der Waals surface area (Å²) in [5, 5.41) is 0.286. The number of sulfone groups is 1. The maximum Gasteiger partial charge on any atom is 0.259 e. The summed E-state index contributed by atoms with van der Waals surface area (Å²) >= 11 is 5.95. The molecule has 0 radical (unpaired) electrons. The minimum atomic E-state index is -3.77. The number of aromatic nitrogens is 1. The van der Waals surface area contributed by atoms with Gasteiger partial charge in [-0.3, -0.25) is 4.79 Å². The number of hydrogen-bond donors (Lipinski definition) is 0. The molecular weight excluding hydrogens is 392 g/mol. The van der Waals surface area contributed by atoms with Crippen LogP contribution in [0, 0.1) is 0 Å². The molecule has 0 bridgehead atoms. The third kappa shape index (κ3) is 3.86. The lowest BCUT2D eigenvalue weighted by Crippen LogP contribution is -2.36. The van der Waals surface area contributed by atoms with Crippen molar-refractivity contribution >= 4 is 27.3 Å². The molecule has 0 fully saturated rings. The molecule has 1 unspecified atom stereocenters. The first-order valence-corrected chi connectivity index (χ1v) is 10.2. The van der Waals surface area contributed by atoms with Gasteiger partial charge in [0.25, 0.3) is 5.91 Å². The smallest absolute Gasteiger partial charge is 0.259 e. The Bertz CT molecular complexity index is 993. The van der Waals surface area contributed by atoms with Crippen LogP contribution < -0.4 is 9.47 Å². The molecule has 0 N–H and O–H groups in total. The largest absolute Gasteiger partial charge is 0.495 e. The number of rotatable bonds is 4. The third-order valence-corrected chi connectivity index (χ3v) is 6.34. The van der Waals surface area contributed by atoms with Crippen molar-refractivity contribution in [1.82, 2.24) is 9.88 Å². The molecule has 2 aromatic rings. The molecule has 3 rings (SSSR count). The van der Waals surface area contributed by atoms with Gasteiger partial charge >= 0.3 is 0 Å². The first-order chi connectivity index (χ1) is 12.7. The second-order valence-electron chi connectivity index (χ2n) is 6.33. The summed E-state index contributed by atoms with van der Waals surface area (Å²) in [6, 6.07) is 5.79. The number of ether oxygens (including phenoxy) is 2. The number of benzene rings is 1. The number of methoxy groups -OCH3 is 1. The van der Waals surface area contributed by atoms with Gasteiger partial charge in [-0.1, -0.05) is 11.6 Å². The van der Waals surface area contributed by atoms with Crippen LogP contribution in [0.1, 0.15) is 22.8 Å². The maximum atomic E-state index is 12.9. The van der Waals surface area contributed by atoms with Crippen molar-refractivity contribution in [2.45, 2.75) is 23.6 Å². The number of carbonyl (C=O) groups excluding carboxylic acids is 1. The summed E-state index contributed by atoms with van der Waals surface area (Å²) in [6.07, 6.45) is 1.40. The second kappa shape index (κ2) is 7.36. The van der Waals surface area contributed by atoms with Gasteiger partial charge in [0.05, 0.1) is 18.9 Å². The van der Waals surface area contributed by atoms with Gasteiger partial charge in [0.2, 0.25) is 5.88 Å². The van der Waals surface area contributed by atoms with Crippen LogP contribution in [0.2, 0.25) is 5.02 Å². The van der Waals surface area contributed by atoms with Crippen molar-refractivity contribution in [3.63, 3.8) is 0 Å². The van der Waals surface area contributed by atoms with E-state index in [2.05, 4.69) is 4.98 Å². The molecule has 0 spiro atoms. The molecular formula is C18H19ClN2O5S. The van der Waals surface area contributed by atoms with Crippen molar-refractivity contribution in [3.05, 3.63) is 46.6 Å². The van der Waals surface area contributed by atoms with Gasteiger partial charge in [-0.25, -0.2) is 13.4 Å². The Hall–Kier alpha value is -2.32. The normalized spacial score (nSPS) is 17.1. The SMILES string of the molecule is COc1ccc(Cl)cc1S(=O)(=O)Cc1cnc2c(c1)C(=O)N(C)C(C)CO2. The molecule has 144 valence electrons. The number of pyridine rings is 1. The van der Waals surface area contributed by atoms with Gasteiger partial charge in [0.15, 0.2) is 9.84 Å². The lowest BCUT2D eigenvalue weighted by atomic mass is 10.2. The third-order valence-electron chi connectivity index (χ3n) is 4.40. The fourth-order valence-corrected chi connectivity index (χ4v) is 4.49. The predicted molar refractivity (Wildman–Crippen MR) is 100 cm³/mol. The molecule has 0 saturated carbocycles. The quantitative estimate of drug-likeness (QED) is 0.770. The number of hydrogen-bond acceptors (Lipinski definition) is 6. The van der Waals surface area contributed by atoms with Gasteiger partial charge < -0.3 is 14.4 Å². The van der Waals surface area contributed by atoms with Crippen LogP contribution in [0.4, 0.5) is 0 Å². The predicted octanol–water partition coefficient (Wildman–Crippen LogP) is 2.57. The number of carbonyl (C=O) groups is 1. The number of likely N-dealkylation sites (N-methyl/N-ethyl adjacent to an activating group) is 1. The van der Waals surface area contributed by atoms with Crippen LogP contribution in [-0.2, 0) is 15.6 Å². The molecule has 1 aliphatic heterocycles. The molecule has 0 saturated heterocycles. The Morgan fingerprint density at radius 2 is 2.11 bits per heavy atom. The monoisotopic (exact) mass is 410 g/mol. The Labute approximate surface area is 162 Å². The van der Waals surface area contributed by atoms with Crippen molar-refractivity contribution < 1.29 is 22.7 Å². The summed E-state index contributed by atoms with van der Waals surface area (Å²) in [7, 11) is -0.711. The number of amides is 1. The minimum absolute atomic E-state index is 0.0132. The van der Waals surface area contributed by atoms with E-state index in [4.69, 9.17) is 21.1 Å². The van der Waals surface area contributed by atoms with Gasteiger partial charge in [0.1, 0.15) is 22.8 Å². The minimum Gasteiger partial charge on any atom is -0.495 e. The van der Waals surface area contributed by atoms with Crippen LogP contribution in [0.3, 0.4) is 0 Å². The molecule has 2 heterocycles. The van der Waals surface area contributed by atoms with E-state index < -0.39 is 9.84 Å². The summed E-state index contributed by atoms with van der Waals surface area (Å²) < 4.78 is 36.5. The van der Waals surface area contributed by atoms with E-state index in [1.807, 2.05) is 6.92 Å². The van der Waals surface area contributed by atoms with E-state index in [1.165, 1.54) is 31.5 Å². The fraction of sp³-hybridized carbons (Fsp3) is 0.333. The molecule has 27 heavy (non-hydrogen) atoms. The highest BCUT2D eigenvalue weighted by atomic mass is 35.5. The van der Waals surface area contributed by atoms with Crippen LogP contribution in [0.25, 0.3) is 0 Å². The Morgan fingerprint density at radius 1 is 1.37 bits per heavy atom. The van der Waals surface area contributed by atoms with Crippen LogP contribution in [-0.4, -0.2) is 51.0 Å². The molecule has 1 aromatic carbocycles. The number of nitrogens with zero attached hydrogens (tertiary/aromatic N) is 2. The van der Waals surface area contributed by atoms with Gasteiger partial charge in [-0.05, 0) is 36.8 Å². The van der Waals surface area contributed by atoms with Crippen molar-refractivity contribution in [2.75, 3.05) is 20.8 Å². The fourth-order valence-electron chi connectivity index (χ4n) is 2.73. The van der Waals surface area contributed by atoms with Crippen LogP contribution >= 0.6 is 11.6 Å². The van der Waals surface area contributed by atoms with E-state index in [1.54, 1.807) is 18.0 Å². The van der Waals surface area contributed by atoms with E-state index in [-0.39, 0.29) is 44.8 Å². The summed E-state index contributed by atoms with van der Waals surface area (Å²) in [4.78, 5) is 18.3. The molecule has 1 amide bonds. The van der Waals surface area contributed by atoms with E-state index in [9.17, 15) is 13.2 Å². The van der Waals surface area contributed by atoms with Crippen LogP contribution in [0.15, 0.2) is 35.4 Å². The zero-order valence-electron chi connectivity index (χ0n) is 15.1. The topological polar surface area (TPSA) is 85.8 Å². The van der Waals surface area contributed by atoms with Crippen LogP contribution in [0.5, 0.6) is 11.6 Å². The summed E-state index contributed by atoms with van der Waals surface area (Å²) in [5.74, 6) is -0.203. The first kappa shape index (κ1) is 19.4. The summed E-state index contributed by atoms with van der Waals surface area (Å²) in [5.41, 5.74) is 0.614. The standard InChI is InChI=1S/C18H19ClN2O5S/c1-11-9-26-17-14(18(22)21(11)2)6-12(8-20-17)10-27(23,24)16-7-13(19)4-5-15(16)25-3/h4-8,11H,9-10H2,1-3H3. The number of halogens is 1. The Morgan fingerprint density at radius 3 is 2.81 bits per heavy atom. The zero-order valence-corrected chi connectivity index (χ0v) is 16.7. The van der Waals surface area contributed by atoms with E-state index in [0.717, 1.165) is 0 Å². The van der Waals surface area contributed by atoms with Gasteiger partial charge in [0, 0.05) is 18.3 Å². The molecule has 1 aliphatic rings. The highest BCUT2D eigenvalue weighted by Gasteiger charge is 2.28. The maximum absolute atomic E-state index is 12.9. The molecule has 1 atom stereocenters. The molecule has 1 aromatic heterocycles. The van der Waals surface area contributed by atoms with Crippen molar-refractivity contribution in [1.29, 1.82) is 0 Å². The Kier molecular flexibility index (Phi) is 5.30. The van der Waals surface area contributed by atoms with E-state index in [0.29, 0.717) is 12.2 Å². The van der Waals surface area contributed by atoms with Gasteiger partial charge in [-0.15, -0.1) is 0 Å². The highest BCUT2D eigenvalue weighted by molar-refractivity contribution is 7.90. The van der Waals surface area contributed by atoms with Gasteiger partial charge in [-0.2, -0.15) is 0 Å². The first-order valence-electron chi connectivity index (χ1n) is 8.18.